The first-order valence-corrected chi connectivity index (χ1v) is 5.72. The Bertz CT molecular complexity index is 339. The number of halogens is 1. The van der Waals surface area contributed by atoms with E-state index in [2.05, 4.69) is 26.8 Å². The van der Waals surface area contributed by atoms with Crippen molar-refractivity contribution < 1.29 is 9.13 Å². The predicted molar refractivity (Wildman–Crippen MR) is 66.0 cm³/mol. The molecular formula is C14H21FO. The summed E-state index contributed by atoms with van der Waals surface area (Å²) in [5.41, 5.74) is 2.42. The third-order valence-electron chi connectivity index (χ3n) is 2.67. The van der Waals surface area contributed by atoms with Crippen molar-refractivity contribution in [2.75, 3.05) is 13.8 Å². The van der Waals surface area contributed by atoms with Crippen LogP contribution in [0.4, 0.5) is 4.39 Å². The maximum Gasteiger partial charge on any atom is 0.122 e. The molecular weight excluding hydrogens is 203 g/mol. The van der Waals surface area contributed by atoms with E-state index in [0.29, 0.717) is 6.42 Å². The summed E-state index contributed by atoms with van der Waals surface area (Å²) in [4.78, 5) is 0. The maximum atomic E-state index is 12.1. The molecule has 90 valence electrons. The quantitative estimate of drug-likeness (QED) is 0.753. The average Bonchev–Trinajstić information content (AvgIpc) is 2.24. The van der Waals surface area contributed by atoms with Gasteiger partial charge in [0.15, 0.2) is 0 Å². The number of aryl methyl sites for hydroxylation is 1. The molecule has 16 heavy (non-hydrogen) atoms. The Labute approximate surface area is 97.6 Å². The Kier molecular flexibility index (Phi) is 4.34. The third kappa shape index (κ3) is 3.22. The maximum absolute atomic E-state index is 12.1. The predicted octanol–water partition coefficient (Wildman–Crippen LogP) is 3.89. The highest BCUT2D eigenvalue weighted by molar-refractivity contribution is 5.41. The second-order valence-corrected chi connectivity index (χ2v) is 5.08. The van der Waals surface area contributed by atoms with Crippen molar-refractivity contribution >= 4 is 0 Å². The molecule has 2 heteroatoms. The molecule has 0 bridgehead atoms. The van der Waals surface area contributed by atoms with Crippen LogP contribution in [0, 0.1) is 0 Å². The summed E-state index contributed by atoms with van der Waals surface area (Å²) in [7, 11) is 1.69. The van der Waals surface area contributed by atoms with Gasteiger partial charge in [-0.05, 0) is 35.4 Å². The van der Waals surface area contributed by atoms with Crippen molar-refractivity contribution in [2.24, 2.45) is 0 Å². The van der Waals surface area contributed by atoms with Crippen LogP contribution in [-0.4, -0.2) is 13.8 Å². The van der Waals surface area contributed by atoms with E-state index < -0.39 is 0 Å². The van der Waals surface area contributed by atoms with Gasteiger partial charge in [-0.2, -0.15) is 0 Å². The smallest absolute Gasteiger partial charge is 0.122 e. The first-order chi connectivity index (χ1) is 7.49. The molecule has 0 amide bonds. The van der Waals surface area contributed by atoms with Crippen molar-refractivity contribution in [2.45, 2.75) is 39.0 Å². The molecule has 0 spiro atoms. The third-order valence-corrected chi connectivity index (χ3v) is 2.67. The highest BCUT2D eigenvalue weighted by Gasteiger charge is 2.18. The first-order valence-electron chi connectivity index (χ1n) is 5.72. The van der Waals surface area contributed by atoms with Gasteiger partial charge in [-0.3, -0.25) is 4.39 Å². The number of hydrogen-bond donors (Lipinski definition) is 0. The van der Waals surface area contributed by atoms with E-state index in [9.17, 15) is 4.39 Å². The van der Waals surface area contributed by atoms with Gasteiger partial charge in [0.1, 0.15) is 5.75 Å². The zero-order valence-electron chi connectivity index (χ0n) is 10.6. The number of alkyl halides is 1. The van der Waals surface area contributed by atoms with Crippen LogP contribution in [0.15, 0.2) is 18.2 Å². The SMILES string of the molecule is COc1ccc(CCCF)cc1C(C)(C)C. The van der Waals surface area contributed by atoms with Gasteiger partial charge in [0.05, 0.1) is 13.8 Å². The molecule has 0 aromatic heterocycles. The van der Waals surface area contributed by atoms with Crippen molar-refractivity contribution in [3.05, 3.63) is 29.3 Å². The zero-order chi connectivity index (χ0) is 12.2. The zero-order valence-corrected chi connectivity index (χ0v) is 10.6. The van der Waals surface area contributed by atoms with Crippen LogP contribution in [0.1, 0.15) is 38.3 Å². The first kappa shape index (κ1) is 13.0. The van der Waals surface area contributed by atoms with Gasteiger partial charge in [0.2, 0.25) is 0 Å². The standard InChI is InChI=1S/C14H21FO/c1-14(2,3)12-10-11(6-5-9-15)7-8-13(12)16-4/h7-8,10H,5-6,9H2,1-4H3. The van der Waals surface area contributed by atoms with Gasteiger partial charge in [0.25, 0.3) is 0 Å². The Hall–Kier alpha value is -1.05. The Morgan fingerprint density at radius 3 is 2.44 bits per heavy atom. The molecule has 0 saturated heterocycles. The second kappa shape index (κ2) is 5.33. The summed E-state index contributed by atoms with van der Waals surface area (Å²) in [5.74, 6) is 0.913. The van der Waals surface area contributed by atoms with Crippen LogP contribution < -0.4 is 4.74 Å². The second-order valence-electron chi connectivity index (χ2n) is 5.08. The molecule has 1 nitrogen and oxygen atoms in total. The molecule has 1 rings (SSSR count). The van der Waals surface area contributed by atoms with Crippen molar-refractivity contribution in [3.63, 3.8) is 0 Å². The minimum absolute atomic E-state index is 0.0526. The summed E-state index contributed by atoms with van der Waals surface area (Å²) in [6, 6.07) is 6.13. The molecule has 0 saturated carbocycles. The van der Waals surface area contributed by atoms with E-state index >= 15 is 0 Å². The van der Waals surface area contributed by atoms with Gasteiger partial charge in [-0.1, -0.05) is 32.9 Å². The van der Waals surface area contributed by atoms with E-state index in [-0.39, 0.29) is 12.1 Å². The van der Waals surface area contributed by atoms with Gasteiger partial charge >= 0.3 is 0 Å². The van der Waals surface area contributed by atoms with Crippen LogP contribution in [0.5, 0.6) is 5.75 Å². The molecule has 0 aliphatic heterocycles. The van der Waals surface area contributed by atoms with E-state index in [4.69, 9.17) is 4.74 Å². The van der Waals surface area contributed by atoms with Gasteiger partial charge in [-0.15, -0.1) is 0 Å². The van der Waals surface area contributed by atoms with E-state index in [1.54, 1.807) is 7.11 Å². The van der Waals surface area contributed by atoms with Gasteiger partial charge in [0, 0.05) is 0 Å². The summed E-state index contributed by atoms with van der Waals surface area (Å²) in [5, 5.41) is 0. The Morgan fingerprint density at radius 1 is 1.25 bits per heavy atom. The van der Waals surface area contributed by atoms with E-state index in [1.807, 2.05) is 12.1 Å². The molecule has 0 heterocycles. The lowest BCUT2D eigenvalue weighted by Crippen LogP contribution is -2.13. The number of benzene rings is 1. The highest BCUT2D eigenvalue weighted by atomic mass is 19.1. The topological polar surface area (TPSA) is 9.23 Å². The minimum Gasteiger partial charge on any atom is -0.496 e. The molecule has 0 aliphatic carbocycles. The van der Waals surface area contributed by atoms with Crippen LogP contribution >= 0.6 is 0 Å². The van der Waals surface area contributed by atoms with Crippen LogP contribution in [0.3, 0.4) is 0 Å². The van der Waals surface area contributed by atoms with Gasteiger partial charge < -0.3 is 4.74 Å². The summed E-state index contributed by atoms with van der Waals surface area (Å²) in [6.07, 6.45) is 1.39. The molecule has 1 aromatic rings. The minimum atomic E-state index is -0.253. The number of rotatable bonds is 4. The van der Waals surface area contributed by atoms with Crippen LogP contribution in [0.2, 0.25) is 0 Å². The van der Waals surface area contributed by atoms with Crippen molar-refractivity contribution in [3.8, 4) is 5.75 Å². The molecule has 0 atom stereocenters. The molecule has 0 fully saturated rings. The molecule has 0 radical (unpaired) electrons. The van der Waals surface area contributed by atoms with E-state index in [1.165, 1.54) is 11.1 Å². The fourth-order valence-corrected chi connectivity index (χ4v) is 1.77. The summed E-state index contributed by atoms with van der Waals surface area (Å²) < 4.78 is 17.5. The summed E-state index contributed by atoms with van der Waals surface area (Å²) in [6.45, 7) is 6.22. The monoisotopic (exact) mass is 224 g/mol. The Morgan fingerprint density at radius 2 is 1.94 bits per heavy atom. The summed E-state index contributed by atoms with van der Waals surface area (Å²) >= 11 is 0. The molecule has 0 aliphatic rings. The Balaban J connectivity index is 3.02. The number of methoxy groups -OCH3 is 1. The largest absolute Gasteiger partial charge is 0.496 e. The lowest BCUT2D eigenvalue weighted by molar-refractivity contribution is 0.397. The number of ether oxygens (including phenoxy) is 1. The van der Waals surface area contributed by atoms with E-state index in [0.717, 1.165) is 12.2 Å². The molecule has 0 unspecified atom stereocenters. The lowest BCUT2D eigenvalue weighted by atomic mass is 9.85. The fourth-order valence-electron chi connectivity index (χ4n) is 1.77. The molecule has 0 N–H and O–H groups in total. The fraction of sp³-hybridized carbons (Fsp3) is 0.571. The lowest BCUT2D eigenvalue weighted by Gasteiger charge is -2.22. The molecule has 1 aromatic carbocycles. The highest BCUT2D eigenvalue weighted by Crippen LogP contribution is 2.32. The average molecular weight is 224 g/mol. The normalized spacial score (nSPS) is 11.6. The van der Waals surface area contributed by atoms with Crippen LogP contribution in [0.25, 0.3) is 0 Å². The number of hydrogen-bond acceptors (Lipinski definition) is 1. The van der Waals surface area contributed by atoms with Gasteiger partial charge in [-0.25, -0.2) is 0 Å². The van der Waals surface area contributed by atoms with Crippen LogP contribution in [-0.2, 0) is 11.8 Å². The van der Waals surface area contributed by atoms with Crippen molar-refractivity contribution in [1.82, 2.24) is 0 Å². The van der Waals surface area contributed by atoms with Crippen molar-refractivity contribution in [1.29, 1.82) is 0 Å².